The van der Waals surface area contributed by atoms with Crippen LogP contribution < -0.4 is 49.6 Å². The fourth-order valence-electron chi connectivity index (χ4n) is 1.41. The Balaban J connectivity index is -0.0000000544. The van der Waals surface area contributed by atoms with Crippen molar-refractivity contribution in [3.8, 4) is 0 Å². The predicted octanol–water partition coefficient (Wildman–Crippen LogP) is -8.43. The molecule has 0 aromatic heterocycles. The molecule has 2 heterocycles. The van der Waals surface area contributed by atoms with E-state index in [1.807, 2.05) is 0 Å². The molecule has 0 amide bonds. The monoisotopic (exact) mass is 508 g/mol. The van der Waals surface area contributed by atoms with Gasteiger partial charge in [0.15, 0.2) is 13.4 Å². The zero-order valence-corrected chi connectivity index (χ0v) is 17.1. The first kappa shape index (κ1) is 32.0. The zero-order valence-electron chi connectivity index (χ0n) is 11.1. The molecule has 19 heavy (non-hydrogen) atoms. The summed E-state index contributed by atoms with van der Waals surface area (Å²) in [6.07, 6.45) is 15.2. The molecule has 0 aromatic carbocycles. The molecule has 0 N–H and O–H groups in total. The van der Waals surface area contributed by atoms with E-state index in [1.165, 1.54) is 12.6 Å². The fraction of sp³-hybridized carbons (Fsp3) is 0.333. The minimum atomic E-state index is 0. The van der Waals surface area contributed by atoms with Crippen LogP contribution in [0.15, 0.2) is 48.4 Å². The Hall–Kier alpha value is 0.938. The summed E-state index contributed by atoms with van der Waals surface area (Å²) < 4.78 is 0. The normalized spacial score (nSPS) is 13.4. The number of allylic oxidation sites excluding steroid dienone is 6. The van der Waals surface area contributed by atoms with Crippen molar-refractivity contribution in [3.63, 3.8) is 0 Å². The predicted molar refractivity (Wildman–Crippen MR) is 69.4 cm³/mol. The third kappa shape index (κ3) is 18.9. The number of halogens is 4. The Morgan fingerprint density at radius 1 is 0.632 bits per heavy atom. The number of rotatable bonds is 0. The van der Waals surface area contributed by atoms with E-state index in [9.17, 15) is 0 Å². The summed E-state index contributed by atoms with van der Waals surface area (Å²) in [7, 11) is 0. The van der Waals surface area contributed by atoms with Crippen LogP contribution in [0.5, 0.6) is 0 Å². The van der Waals surface area contributed by atoms with Crippen LogP contribution in [0, 0.1) is 0 Å². The molecule has 2 aliphatic rings. The average molecular weight is 510 g/mol. The van der Waals surface area contributed by atoms with Crippen molar-refractivity contribution in [2.24, 2.45) is 0 Å². The Morgan fingerprint density at radius 3 is 1.05 bits per heavy atom. The first-order valence-corrected chi connectivity index (χ1v) is 5.45. The smallest absolute Gasteiger partial charge is 0.167 e. The Morgan fingerprint density at radius 2 is 0.947 bits per heavy atom. The van der Waals surface area contributed by atoms with Crippen LogP contribution in [0.1, 0.15) is 0 Å². The van der Waals surface area contributed by atoms with Gasteiger partial charge >= 0.3 is 0 Å². The van der Waals surface area contributed by atoms with Gasteiger partial charge in [0.2, 0.25) is 0 Å². The Bertz CT molecular complexity index is 253. The van der Waals surface area contributed by atoms with Gasteiger partial charge in [-0.25, -0.2) is 0 Å². The van der Waals surface area contributed by atoms with E-state index >= 15 is 0 Å². The second-order valence-electron chi connectivity index (χ2n) is 4.05. The van der Waals surface area contributed by atoms with Gasteiger partial charge in [-0.15, -0.1) is 12.0 Å². The van der Waals surface area contributed by atoms with Crippen LogP contribution in [0.3, 0.4) is 0 Å². The molecule has 2 aliphatic heterocycles. The topological polar surface area (TPSA) is 0 Å². The van der Waals surface area contributed by atoms with Crippen molar-refractivity contribution in [1.29, 1.82) is 0 Å². The first-order chi connectivity index (χ1) is 6.79. The Labute approximate surface area is 158 Å². The van der Waals surface area contributed by atoms with Crippen LogP contribution in [0.4, 0.5) is 0 Å². The molecule has 0 saturated heterocycles. The van der Waals surface area contributed by atoms with E-state index in [0.29, 0.717) is 0 Å². The summed E-state index contributed by atoms with van der Waals surface area (Å²) >= 11 is 0. The number of hydrogen-bond acceptors (Lipinski definition) is 0. The minimum absolute atomic E-state index is 0. The van der Waals surface area contributed by atoms with Crippen molar-refractivity contribution in [1.82, 2.24) is 0 Å². The molecule has 0 atom stereocenters. The molecule has 0 fully saturated rings. The van der Waals surface area contributed by atoms with E-state index in [4.69, 9.17) is 0 Å². The molecule has 0 unspecified atom stereocenters. The van der Waals surface area contributed by atoms with E-state index in [1.54, 1.807) is 0 Å². The fourth-order valence-corrected chi connectivity index (χ4v) is 1.41. The van der Waals surface area contributed by atoms with E-state index in [-0.39, 0.29) is 70.7 Å². The second kappa shape index (κ2) is 21.2. The summed E-state index contributed by atoms with van der Waals surface area (Å²) in [5.41, 5.74) is 0. The van der Waals surface area contributed by atoms with E-state index in [2.05, 4.69) is 62.1 Å². The van der Waals surface area contributed by atoms with Crippen LogP contribution >= 0.6 is 0 Å². The molecule has 0 bridgehead atoms. The molecule has 0 saturated carbocycles. The summed E-state index contributed by atoms with van der Waals surface area (Å²) in [4.78, 5) is 0. The minimum Gasteiger partial charge on any atom is -1.00 e. The van der Waals surface area contributed by atoms with Crippen molar-refractivity contribution < 1.29 is 70.7 Å². The molecule has 0 aromatic rings. The van der Waals surface area contributed by atoms with Crippen LogP contribution in [-0.2, 0) is 21.1 Å². The van der Waals surface area contributed by atoms with Crippen LogP contribution in [0.2, 0.25) is 26.3 Å². The van der Waals surface area contributed by atoms with Gasteiger partial charge in [-0.05, 0) is 0 Å². The van der Waals surface area contributed by atoms with Crippen LogP contribution in [-0.4, -0.2) is 13.4 Å². The molecule has 110 valence electrons. The SMILES string of the molecule is CB1C=CC=CC1.CB1C=CC=CC1.[Cl-].[Cl-].[Cl-].[Cl-].[W]. The van der Waals surface area contributed by atoms with Crippen molar-refractivity contribution >= 4 is 13.4 Å². The van der Waals surface area contributed by atoms with Gasteiger partial charge in [-0.2, -0.15) is 0 Å². The first-order valence-electron chi connectivity index (χ1n) is 5.45. The molecule has 0 spiro atoms. The van der Waals surface area contributed by atoms with Gasteiger partial charge in [-0.1, -0.05) is 62.7 Å². The second-order valence-corrected chi connectivity index (χ2v) is 4.05. The molecule has 0 nitrogen and oxygen atoms in total. The third-order valence-corrected chi connectivity index (χ3v) is 2.39. The van der Waals surface area contributed by atoms with Crippen molar-refractivity contribution in [3.05, 3.63) is 48.4 Å². The van der Waals surface area contributed by atoms with Crippen molar-refractivity contribution in [2.75, 3.05) is 0 Å². The standard InChI is InChI=1S/2C6H9B.4ClH.W/c2*1-7-5-3-2-4-6-7;;;;;/h2*2-5H,6H2,1H3;4*1H;/p-4. The van der Waals surface area contributed by atoms with Gasteiger partial charge in [0.25, 0.3) is 0 Å². The largest absolute Gasteiger partial charge is 1.00 e. The van der Waals surface area contributed by atoms with Gasteiger partial charge in [0.05, 0.1) is 0 Å². The molecule has 7 heteroatoms. The third-order valence-electron chi connectivity index (χ3n) is 2.39. The molecular weight excluding hydrogens is 491 g/mol. The van der Waals surface area contributed by atoms with Gasteiger partial charge < -0.3 is 49.6 Å². The number of hydrogen-bond donors (Lipinski definition) is 0. The van der Waals surface area contributed by atoms with Gasteiger partial charge in [-0.3, -0.25) is 0 Å². The van der Waals surface area contributed by atoms with Crippen molar-refractivity contribution in [2.45, 2.75) is 26.3 Å². The molecule has 0 aliphatic carbocycles. The van der Waals surface area contributed by atoms with Crippen LogP contribution in [0.25, 0.3) is 0 Å². The van der Waals surface area contributed by atoms with Gasteiger partial charge in [0, 0.05) is 21.1 Å². The summed E-state index contributed by atoms with van der Waals surface area (Å²) in [5.74, 6) is 4.44. The van der Waals surface area contributed by atoms with Gasteiger partial charge in [0.1, 0.15) is 0 Å². The maximum Gasteiger partial charge on any atom is 0.167 e. The Kier molecular flexibility index (Phi) is 35.8. The van der Waals surface area contributed by atoms with E-state index < -0.39 is 0 Å². The van der Waals surface area contributed by atoms with E-state index in [0.717, 1.165) is 13.4 Å². The molecular formula is C12H18B2Cl4W-4. The maximum absolute atomic E-state index is 2.22. The maximum atomic E-state index is 2.22. The summed E-state index contributed by atoms with van der Waals surface area (Å²) in [6.45, 7) is 5.98. The average Bonchev–Trinajstić information content (AvgIpc) is 2.21. The summed E-state index contributed by atoms with van der Waals surface area (Å²) in [5, 5.41) is 0. The zero-order chi connectivity index (χ0) is 10.2. The molecule has 2 rings (SSSR count). The quantitative estimate of drug-likeness (QED) is 0.285. The summed E-state index contributed by atoms with van der Waals surface area (Å²) in [6, 6.07) is 0. The molecule has 0 radical (unpaired) electrons.